The molecule has 0 aliphatic rings. The topological polar surface area (TPSA) is 64.9 Å². The minimum atomic E-state index is -0.410. The predicted molar refractivity (Wildman–Crippen MR) is 88.8 cm³/mol. The van der Waals surface area contributed by atoms with Crippen LogP contribution in [0.25, 0.3) is 0 Å². The molecule has 1 atom stereocenters. The average Bonchev–Trinajstić information content (AvgIpc) is 2.52. The molecule has 0 aliphatic heterocycles. The number of hydrogen-bond acceptors (Lipinski definition) is 3. The van der Waals surface area contributed by atoms with Crippen molar-refractivity contribution in [1.82, 2.24) is 0 Å². The number of anilines is 2. The van der Waals surface area contributed by atoms with Gasteiger partial charge in [0.15, 0.2) is 0 Å². The number of benzene rings is 2. The lowest BCUT2D eigenvalue weighted by atomic mass is 10.1. The largest absolute Gasteiger partial charge is 0.374 e. The summed E-state index contributed by atoms with van der Waals surface area (Å²) in [5, 5.41) is 15.1. The Kier molecular flexibility index (Phi) is 4.80. The minimum absolute atomic E-state index is 0.177. The van der Waals surface area contributed by atoms with Crippen molar-refractivity contribution in [2.75, 3.05) is 10.6 Å². The number of para-hydroxylation sites is 1. The normalized spacial score (nSPS) is 11.4. The van der Waals surface area contributed by atoms with Crippen LogP contribution in [0.3, 0.4) is 0 Å². The number of nitrogens with zero attached hydrogens (tertiary/aromatic N) is 1. The molecule has 2 rings (SSSR count). The van der Waals surface area contributed by atoms with Crippen LogP contribution in [0.4, 0.5) is 11.4 Å². The van der Waals surface area contributed by atoms with Crippen molar-refractivity contribution >= 4 is 17.3 Å². The summed E-state index contributed by atoms with van der Waals surface area (Å²) in [4.78, 5) is 12.3. The quantitative estimate of drug-likeness (QED) is 0.905. The van der Waals surface area contributed by atoms with Crippen LogP contribution in [0.1, 0.15) is 23.6 Å². The molecule has 0 fully saturated rings. The van der Waals surface area contributed by atoms with Crippen molar-refractivity contribution in [2.45, 2.75) is 26.8 Å². The van der Waals surface area contributed by atoms with Crippen LogP contribution < -0.4 is 10.6 Å². The maximum absolute atomic E-state index is 12.3. The monoisotopic (exact) mass is 293 g/mol. The Morgan fingerprint density at radius 2 is 1.77 bits per heavy atom. The molecule has 0 saturated carbocycles. The van der Waals surface area contributed by atoms with Gasteiger partial charge in [0.05, 0.1) is 11.3 Å². The van der Waals surface area contributed by atoms with Crippen molar-refractivity contribution in [3.63, 3.8) is 0 Å². The van der Waals surface area contributed by atoms with E-state index in [4.69, 9.17) is 5.26 Å². The number of amides is 1. The second-order valence-electron chi connectivity index (χ2n) is 5.26. The van der Waals surface area contributed by atoms with E-state index in [9.17, 15) is 4.79 Å². The fourth-order valence-electron chi connectivity index (χ4n) is 2.14. The van der Waals surface area contributed by atoms with E-state index >= 15 is 0 Å². The van der Waals surface area contributed by atoms with E-state index in [2.05, 4.69) is 16.7 Å². The molecule has 2 aromatic rings. The van der Waals surface area contributed by atoms with Gasteiger partial charge in [0, 0.05) is 5.69 Å². The van der Waals surface area contributed by atoms with E-state index in [1.807, 2.05) is 32.0 Å². The molecule has 1 amide bonds. The number of nitrogens with one attached hydrogen (secondary N) is 2. The molecule has 22 heavy (non-hydrogen) atoms. The number of rotatable bonds is 4. The Hall–Kier alpha value is -2.80. The van der Waals surface area contributed by atoms with E-state index < -0.39 is 6.04 Å². The summed E-state index contributed by atoms with van der Waals surface area (Å²) in [6.45, 7) is 5.85. The second kappa shape index (κ2) is 6.77. The van der Waals surface area contributed by atoms with Gasteiger partial charge in [0.2, 0.25) is 5.91 Å². The third-order valence-corrected chi connectivity index (χ3v) is 3.68. The average molecular weight is 293 g/mol. The summed E-state index contributed by atoms with van der Waals surface area (Å²) >= 11 is 0. The van der Waals surface area contributed by atoms with Gasteiger partial charge in [-0.2, -0.15) is 5.26 Å². The van der Waals surface area contributed by atoms with Crippen molar-refractivity contribution in [2.24, 2.45) is 0 Å². The summed E-state index contributed by atoms with van der Waals surface area (Å²) in [5.41, 5.74) is 4.22. The number of nitriles is 1. The van der Waals surface area contributed by atoms with Gasteiger partial charge in [-0.15, -0.1) is 0 Å². The SMILES string of the molecule is Cc1cccc(NC(C)C(=O)Nc2ccccc2C#N)c1C. The first-order valence-corrected chi connectivity index (χ1v) is 7.15. The Bertz CT molecular complexity index is 731. The first-order valence-electron chi connectivity index (χ1n) is 7.15. The van der Waals surface area contributed by atoms with E-state index in [1.54, 1.807) is 31.2 Å². The van der Waals surface area contributed by atoms with Crippen LogP contribution in [-0.2, 0) is 4.79 Å². The van der Waals surface area contributed by atoms with Gasteiger partial charge in [0.25, 0.3) is 0 Å². The molecule has 0 bridgehead atoms. The Morgan fingerprint density at radius 3 is 2.50 bits per heavy atom. The highest BCUT2D eigenvalue weighted by Crippen LogP contribution is 2.19. The van der Waals surface area contributed by atoms with Crippen LogP contribution in [0, 0.1) is 25.2 Å². The fraction of sp³-hybridized carbons (Fsp3) is 0.222. The predicted octanol–water partition coefficient (Wildman–Crippen LogP) is 3.61. The maximum Gasteiger partial charge on any atom is 0.246 e. The molecule has 4 heteroatoms. The summed E-state index contributed by atoms with van der Waals surface area (Å²) in [5.74, 6) is -0.177. The molecule has 0 spiro atoms. The second-order valence-corrected chi connectivity index (χ2v) is 5.26. The van der Waals surface area contributed by atoms with Crippen molar-refractivity contribution in [3.8, 4) is 6.07 Å². The van der Waals surface area contributed by atoms with Crippen molar-refractivity contribution in [3.05, 3.63) is 59.2 Å². The number of carbonyl (C=O) groups excluding carboxylic acids is 1. The zero-order valence-corrected chi connectivity index (χ0v) is 13.0. The first kappa shape index (κ1) is 15.6. The lowest BCUT2D eigenvalue weighted by Crippen LogP contribution is -2.32. The lowest BCUT2D eigenvalue weighted by molar-refractivity contribution is -0.116. The molecule has 0 saturated heterocycles. The van der Waals surface area contributed by atoms with E-state index in [0.29, 0.717) is 11.3 Å². The Balaban J connectivity index is 2.10. The van der Waals surface area contributed by atoms with Crippen LogP contribution in [0.15, 0.2) is 42.5 Å². The number of hydrogen-bond donors (Lipinski definition) is 2. The summed E-state index contributed by atoms with van der Waals surface area (Å²) in [6, 6.07) is 14.6. The minimum Gasteiger partial charge on any atom is -0.374 e. The molecule has 0 aliphatic carbocycles. The fourth-order valence-corrected chi connectivity index (χ4v) is 2.14. The molecule has 2 aromatic carbocycles. The third kappa shape index (κ3) is 3.44. The Morgan fingerprint density at radius 1 is 1.09 bits per heavy atom. The van der Waals surface area contributed by atoms with Gasteiger partial charge in [-0.3, -0.25) is 4.79 Å². The molecule has 112 valence electrons. The van der Waals surface area contributed by atoms with Gasteiger partial charge < -0.3 is 10.6 Å². The summed E-state index contributed by atoms with van der Waals surface area (Å²) in [6.07, 6.45) is 0. The van der Waals surface area contributed by atoms with Gasteiger partial charge in [0.1, 0.15) is 12.1 Å². The van der Waals surface area contributed by atoms with Gasteiger partial charge >= 0.3 is 0 Å². The molecule has 4 nitrogen and oxygen atoms in total. The zero-order valence-electron chi connectivity index (χ0n) is 13.0. The highest BCUT2D eigenvalue weighted by Gasteiger charge is 2.15. The lowest BCUT2D eigenvalue weighted by Gasteiger charge is -2.18. The molecule has 0 heterocycles. The molecule has 1 unspecified atom stereocenters. The summed E-state index contributed by atoms with van der Waals surface area (Å²) in [7, 11) is 0. The van der Waals surface area contributed by atoms with Gasteiger partial charge in [-0.25, -0.2) is 0 Å². The molecule has 0 radical (unpaired) electrons. The van der Waals surface area contributed by atoms with Crippen molar-refractivity contribution < 1.29 is 4.79 Å². The van der Waals surface area contributed by atoms with Gasteiger partial charge in [-0.05, 0) is 50.1 Å². The van der Waals surface area contributed by atoms with Crippen LogP contribution >= 0.6 is 0 Å². The first-order chi connectivity index (χ1) is 10.5. The van der Waals surface area contributed by atoms with Crippen LogP contribution in [0.5, 0.6) is 0 Å². The molecular formula is C18H19N3O. The zero-order chi connectivity index (χ0) is 16.1. The van der Waals surface area contributed by atoms with E-state index in [0.717, 1.165) is 11.3 Å². The molecule has 2 N–H and O–H groups in total. The smallest absolute Gasteiger partial charge is 0.246 e. The Labute approximate surface area is 130 Å². The van der Waals surface area contributed by atoms with Crippen LogP contribution in [0.2, 0.25) is 0 Å². The molecule has 0 aromatic heterocycles. The number of aryl methyl sites for hydroxylation is 1. The van der Waals surface area contributed by atoms with Gasteiger partial charge in [-0.1, -0.05) is 24.3 Å². The number of carbonyl (C=O) groups is 1. The van der Waals surface area contributed by atoms with E-state index in [-0.39, 0.29) is 5.91 Å². The highest BCUT2D eigenvalue weighted by molar-refractivity contribution is 5.97. The van der Waals surface area contributed by atoms with Crippen molar-refractivity contribution in [1.29, 1.82) is 5.26 Å². The van der Waals surface area contributed by atoms with Crippen LogP contribution in [-0.4, -0.2) is 11.9 Å². The molecular weight excluding hydrogens is 274 g/mol. The third-order valence-electron chi connectivity index (χ3n) is 3.68. The van der Waals surface area contributed by atoms with E-state index in [1.165, 1.54) is 5.56 Å². The summed E-state index contributed by atoms with van der Waals surface area (Å²) < 4.78 is 0. The highest BCUT2D eigenvalue weighted by atomic mass is 16.2. The maximum atomic E-state index is 12.3. The standard InChI is InChI=1S/C18H19N3O/c1-12-7-6-10-16(13(12)2)20-14(3)18(22)21-17-9-5-4-8-15(17)11-19/h4-10,14,20H,1-3H3,(H,21,22).